The van der Waals surface area contributed by atoms with Crippen molar-refractivity contribution in [2.75, 3.05) is 26.4 Å². The van der Waals surface area contributed by atoms with Gasteiger partial charge in [-0.1, -0.05) is 6.92 Å². The van der Waals surface area contributed by atoms with Gasteiger partial charge >= 0.3 is 0 Å². The minimum absolute atomic E-state index is 0.244. The second kappa shape index (κ2) is 10.9. The van der Waals surface area contributed by atoms with Crippen molar-refractivity contribution in [2.45, 2.75) is 39.2 Å². The molecule has 2 N–H and O–H groups in total. The van der Waals surface area contributed by atoms with Gasteiger partial charge in [0.1, 0.15) is 0 Å². The van der Waals surface area contributed by atoms with Gasteiger partial charge in [-0.25, -0.2) is 0 Å². The molecule has 2 rings (SSSR count). The van der Waals surface area contributed by atoms with Crippen molar-refractivity contribution in [1.29, 1.82) is 0 Å². The number of nitrogens with zero attached hydrogens (tertiary/aromatic N) is 1. The molecule has 1 saturated heterocycles. The molecule has 1 aliphatic rings. The molecular weight excluding hydrogens is 338 g/mol. The number of ether oxygens (including phenoxy) is 3. The lowest BCUT2D eigenvalue weighted by molar-refractivity contribution is 0.114. The van der Waals surface area contributed by atoms with Gasteiger partial charge in [-0.3, -0.25) is 5.43 Å². The second-order valence-corrected chi connectivity index (χ2v) is 6.11. The highest BCUT2D eigenvalue weighted by atomic mass is 32.1. The Morgan fingerprint density at radius 2 is 2.24 bits per heavy atom. The average Bonchev–Trinajstić information content (AvgIpc) is 3.13. The van der Waals surface area contributed by atoms with Gasteiger partial charge in [0.2, 0.25) is 0 Å². The molecule has 7 heteroatoms. The zero-order valence-electron chi connectivity index (χ0n) is 14.9. The summed E-state index contributed by atoms with van der Waals surface area (Å²) >= 11 is 5.20. The van der Waals surface area contributed by atoms with Gasteiger partial charge in [0, 0.05) is 13.2 Å². The van der Waals surface area contributed by atoms with Crippen LogP contribution in [0.4, 0.5) is 0 Å². The van der Waals surface area contributed by atoms with E-state index >= 15 is 0 Å². The Morgan fingerprint density at radius 3 is 2.96 bits per heavy atom. The number of hydrazone groups is 1. The van der Waals surface area contributed by atoms with Crippen LogP contribution in [0.25, 0.3) is 0 Å². The molecule has 138 valence electrons. The van der Waals surface area contributed by atoms with E-state index in [9.17, 15) is 0 Å². The Balaban J connectivity index is 1.84. The maximum Gasteiger partial charge on any atom is 0.187 e. The molecule has 1 aromatic carbocycles. The van der Waals surface area contributed by atoms with Crippen LogP contribution in [0.2, 0.25) is 0 Å². The molecule has 0 aromatic heterocycles. The highest BCUT2D eigenvalue weighted by Crippen LogP contribution is 2.28. The first-order chi connectivity index (χ1) is 12.2. The molecule has 0 radical (unpaired) electrons. The Kier molecular flexibility index (Phi) is 8.48. The second-order valence-electron chi connectivity index (χ2n) is 5.70. The summed E-state index contributed by atoms with van der Waals surface area (Å²) in [5.74, 6) is 1.47. The minimum Gasteiger partial charge on any atom is -0.490 e. The SMILES string of the molecule is CCCOc1ccc(/C=N\NC(=S)NC[C@H]2CCCO2)cc1OCC. The molecule has 0 amide bonds. The van der Waals surface area contributed by atoms with E-state index in [2.05, 4.69) is 22.8 Å². The highest BCUT2D eigenvalue weighted by molar-refractivity contribution is 7.80. The molecule has 1 aromatic rings. The molecule has 1 fully saturated rings. The third-order valence-electron chi connectivity index (χ3n) is 3.62. The van der Waals surface area contributed by atoms with Crippen LogP contribution in [-0.2, 0) is 4.74 Å². The first kappa shape index (κ1) is 19.5. The zero-order valence-corrected chi connectivity index (χ0v) is 15.7. The summed E-state index contributed by atoms with van der Waals surface area (Å²) in [6, 6.07) is 5.74. The third kappa shape index (κ3) is 6.88. The van der Waals surface area contributed by atoms with E-state index in [-0.39, 0.29) is 6.10 Å². The van der Waals surface area contributed by atoms with E-state index < -0.39 is 0 Å². The molecule has 0 aliphatic carbocycles. The largest absolute Gasteiger partial charge is 0.490 e. The first-order valence-electron chi connectivity index (χ1n) is 8.81. The van der Waals surface area contributed by atoms with Gasteiger partial charge in [-0.2, -0.15) is 5.10 Å². The third-order valence-corrected chi connectivity index (χ3v) is 3.86. The lowest BCUT2D eigenvalue weighted by Crippen LogP contribution is -2.37. The Morgan fingerprint density at radius 1 is 1.36 bits per heavy atom. The van der Waals surface area contributed by atoms with Gasteiger partial charge in [-0.05, 0) is 62.2 Å². The van der Waals surface area contributed by atoms with E-state index in [0.29, 0.717) is 24.9 Å². The maximum atomic E-state index is 5.69. The summed E-state index contributed by atoms with van der Waals surface area (Å²) in [6.07, 6.45) is 5.09. The van der Waals surface area contributed by atoms with E-state index in [1.165, 1.54) is 0 Å². The smallest absolute Gasteiger partial charge is 0.187 e. The van der Waals surface area contributed by atoms with E-state index in [4.69, 9.17) is 26.4 Å². The molecule has 0 unspecified atom stereocenters. The number of hydrogen-bond acceptors (Lipinski definition) is 5. The van der Waals surface area contributed by atoms with Crippen LogP contribution in [0.5, 0.6) is 11.5 Å². The number of rotatable bonds is 9. The van der Waals surface area contributed by atoms with Crippen LogP contribution in [0.1, 0.15) is 38.7 Å². The number of thiocarbonyl (C=S) groups is 1. The maximum absolute atomic E-state index is 5.69. The molecule has 0 bridgehead atoms. The van der Waals surface area contributed by atoms with Gasteiger partial charge < -0.3 is 19.5 Å². The van der Waals surface area contributed by atoms with Crippen LogP contribution in [-0.4, -0.2) is 43.8 Å². The Hall–Kier alpha value is -1.86. The van der Waals surface area contributed by atoms with Crippen molar-refractivity contribution >= 4 is 23.5 Å². The highest BCUT2D eigenvalue weighted by Gasteiger charge is 2.15. The van der Waals surface area contributed by atoms with Crippen molar-refractivity contribution in [3.8, 4) is 11.5 Å². The van der Waals surface area contributed by atoms with Crippen LogP contribution in [0.15, 0.2) is 23.3 Å². The molecule has 6 nitrogen and oxygen atoms in total. The predicted octanol–water partition coefficient (Wildman–Crippen LogP) is 2.85. The summed E-state index contributed by atoms with van der Waals surface area (Å²) in [7, 11) is 0. The van der Waals surface area contributed by atoms with Crippen molar-refractivity contribution in [3.05, 3.63) is 23.8 Å². The van der Waals surface area contributed by atoms with E-state index in [1.807, 2.05) is 25.1 Å². The molecule has 0 saturated carbocycles. The molecule has 25 heavy (non-hydrogen) atoms. The van der Waals surface area contributed by atoms with Gasteiger partial charge in [0.25, 0.3) is 0 Å². The van der Waals surface area contributed by atoms with Crippen LogP contribution < -0.4 is 20.2 Å². The minimum atomic E-state index is 0.244. The monoisotopic (exact) mass is 365 g/mol. The summed E-state index contributed by atoms with van der Waals surface area (Å²) < 4.78 is 16.9. The summed E-state index contributed by atoms with van der Waals surface area (Å²) in [5, 5.41) is 7.76. The Bertz CT molecular complexity index is 575. The number of benzene rings is 1. The average molecular weight is 365 g/mol. The molecule has 1 aliphatic heterocycles. The normalized spacial score (nSPS) is 16.8. The summed E-state index contributed by atoms with van der Waals surface area (Å²) in [4.78, 5) is 0. The van der Waals surface area contributed by atoms with Gasteiger partial charge in [0.15, 0.2) is 16.6 Å². The lowest BCUT2D eigenvalue weighted by atomic mass is 10.2. The van der Waals surface area contributed by atoms with Gasteiger partial charge in [0.05, 0.1) is 25.5 Å². The van der Waals surface area contributed by atoms with Crippen LogP contribution >= 0.6 is 12.2 Å². The molecule has 1 heterocycles. The standard InChI is InChI=1S/C18H27N3O3S/c1-3-9-24-16-8-7-14(11-17(16)22-4-2)12-20-21-18(25)19-13-15-6-5-10-23-15/h7-8,11-12,15H,3-6,9-10,13H2,1-2H3,(H2,19,21,25)/b20-12-/t15-/m1/s1. The van der Waals surface area contributed by atoms with Gasteiger partial charge in [-0.15, -0.1) is 0 Å². The van der Waals surface area contributed by atoms with E-state index in [1.54, 1.807) is 6.21 Å². The predicted molar refractivity (Wildman–Crippen MR) is 104 cm³/mol. The van der Waals surface area contributed by atoms with E-state index in [0.717, 1.165) is 42.9 Å². The first-order valence-corrected chi connectivity index (χ1v) is 9.22. The fourth-order valence-corrected chi connectivity index (χ4v) is 2.56. The lowest BCUT2D eigenvalue weighted by Gasteiger charge is -2.12. The fourth-order valence-electron chi connectivity index (χ4n) is 2.42. The summed E-state index contributed by atoms with van der Waals surface area (Å²) in [6.45, 7) is 6.81. The number of nitrogens with one attached hydrogen (secondary N) is 2. The topological polar surface area (TPSA) is 64.1 Å². The number of hydrogen-bond donors (Lipinski definition) is 2. The van der Waals surface area contributed by atoms with Crippen molar-refractivity contribution in [2.24, 2.45) is 5.10 Å². The molecule has 1 atom stereocenters. The van der Waals surface area contributed by atoms with Crippen molar-refractivity contribution < 1.29 is 14.2 Å². The van der Waals surface area contributed by atoms with Crippen LogP contribution in [0, 0.1) is 0 Å². The fraction of sp³-hybridized carbons (Fsp3) is 0.556. The van der Waals surface area contributed by atoms with Crippen molar-refractivity contribution in [1.82, 2.24) is 10.7 Å². The summed E-state index contributed by atoms with van der Waals surface area (Å²) in [5.41, 5.74) is 3.72. The molecule has 0 spiro atoms. The van der Waals surface area contributed by atoms with Crippen molar-refractivity contribution in [3.63, 3.8) is 0 Å². The quantitative estimate of drug-likeness (QED) is 0.399. The van der Waals surface area contributed by atoms with Crippen LogP contribution in [0.3, 0.4) is 0 Å². The Labute approximate surface area is 154 Å². The zero-order chi connectivity index (χ0) is 17.9. The molecular formula is C18H27N3O3S.